The van der Waals surface area contributed by atoms with E-state index >= 15 is 0 Å². The summed E-state index contributed by atoms with van der Waals surface area (Å²) >= 11 is 1.56. The van der Waals surface area contributed by atoms with Gasteiger partial charge < -0.3 is 10.5 Å². The summed E-state index contributed by atoms with van der Waals surface area (Å²) < 4.78 is 5.75. The van der Waals surface area contributed by atoms with E-state index in [1.807, 2.05) is 0 Å². The van der Waals surface area contributed by atoms with Gasteiger partial charge in [-0.15, -0.1) is 5.10 Å². The number of ether oxygens (including phenoxy) is 1. The average Bonchev–Trinajstić information content (AvgIpc) is 2.46. The van der Waals surface area contributed by atoms with E-state index in [2.05, 4.69) is 42.2 Å². The van der Waals surface area contributed by atoms with Crippen molar-refractivity contribution in [2.24, 2.45) is 15.9 Å². The van der Waals surface area contributed by atoms with Crippen molar-refractivity contribution in [3.8, 4) is 0 Å². The highest BCUT2D eigenvalue weighted by atomic mass is 32.2. The van der Waals surface area contributed by atoms with E-state index in [1.165, 1.54) is 16.7 Å². The molecule has 1 aromatic carbocycles. The number of hydrogen-bond donors (Lipinski definition) is 1. The van der Waals surface area contributed by atoms with Gasteiger partial charge in [0.05, 0.1) is 12.3 Å². The Morgan fingerprint density at radius 2 is 2.10 bits per heavy atom. The molecule has 0 saturated carbocycles. The third-order valence-corrected chi connectivity index (χ3v) is 4.29. The molecule has 0 aromatic heterocycles. The number of unbranched alkanes of at least 4 members (excludes halogenated alkanes) is 1. The third kappa shape index (κ3) is 5.52. The molecule has 2 rings (SSSR count). The molecule has 0 aliphatic carbocycles. The average molecular weight is 305 g/mol. The quantitative estimate of drug-likeness (QED) is 0.785. The Bertz CT molecular complexity index is 540. The van der Waals surface area contributed by atoms with E-state index in [0.717, 1.165) is 37.3 Å². The smallest absolute Gasteiger partial charge is 0.180 e. The highest BCUT2D eigenvalue weighted by molar-refractivity contribution is 8.14. The number of benzene rings is 1. The van der Waals surface area contributed by atoms with Crippen molar-refractivity contribution in [2.75, 3.05) is 12.4 Å². The van der Waals surface area contributed by atoms with Gasteiger partial charge in [0.1, 0.15) is 0 Å². The van der Waals surface area contributed by atoms with Crippen LogP contribution in [0.3, 0.4) is 0 Å². The highest BCUT2D eigenvalue weighted by Crippen LogP contribution is 2.13. The van der Waals surface area contributed by atoms with Gasteiger partial charge in [-0.25, -0.2) is 0 Å². The maximum atomic E-state index is 5.75. The van der Waals surface area contributed by atoms with Crippen molar-refractivity contribution in [1.29, 1.82) is 0 Å². The molecule has 0 atom stereocenters. The zero-order valence-electron chi connectivity index (χ0n) is 12.8. The zero-order valence-corrected chi connectivity index (χ0v) is 13.6. The maximum Gasteiger partial charge on any atom is 0.180 e. The number of rotatable bonds is 7. The van der Waals surface area contributed by atoms with Crippen LogP contribution in [0.15, 0.2) is 28.4 Å². The number of hydrogen-bond acceptors (Lipinski definition) is 5. The molecule has 1 aliphatic heterocycles. The lowest BCUT2D eigenvalue weighted by Gasteiger charge is -2.10. The van der Waals surface area contributed by atoms with Gasteiger partial charge in [-0.1, -0.05) is 35.5 Å². The van der Waals surface area contributed by atoms with Crippen molar-refractivity contribution >= 4 is 22.6 Å². The molecule has 2 N–H and O–H groups in total. The second-order valence-corrected chi connectivity index (χ2v) is 6.33. The molecule has 1 aliphatic rings. The van der Waals surface area contributed by atoms with E-state index < -0.39 is 0 Å². The zero-order chi connectivity index (χ0) is 15.1. The van der Waals surface area contributed by atoms with Crippen LogP contribution in [0.1, 0.15) is 36.0 Å². The molecule has 21 heavy (non-hydrogen) atoms. The summed E-state index contributed by atoms with van der Waals surface area (Å²) in [5.74, 6) is 0.874. The first-order valence-corrected chi connectivity index (χ1v) is 8.29. The number of amidine groups is 1. The van der Waals surface area contributed by atoms with Crippen LogP contribution in [0, 0.1) is 13.8 Å². The molecule has 0 spiro atoms. The minimum atomic E-state index is 0.565. The Hall–Kier alpha value is -1.33. The number of thioether (sulfide) groups is 1. The van der Waals surface area contributed by atoms with Gasteiger partial charge in [-0.2, -0.15) is 5.10 Å². The Labute approximate surface area is 130 Å². The van der Waals surface area contributed by atoms with E-state index in [4.69, 9.17) is 10.5 Å². The summed E-state index contributed by atoms with van der Waals surface area (Å²) in [6.45, 7) is 5.74. The molecule has 0 fully saturated rings. The molecule has 0 amide bonds. The molecule has 0 unspecified atom stereocenters. The van der Waals surface area contributed by atoms with Crippen molar-refractivity contribution in [1.82, 2.24) is 0 Å². The van der Waals surface area contributed by atoms with E-state index in [9.17, 15) is 0 Å². The van der Waals surface area contributed by atoms with Crippen molar-refractivity contribution in [3.05, 3.63) is 34.9 Å². The normalized spacial score (nSPS) is 14.8. The lowest BCUT2D eigenvalue weighted by atomic mass is 10.1. The van der Waals surface area contributed by atoms with Gasteiger partial charge in [0.15, 0.2) is 5.17 Å². The summed E-state index contributed by atoms with van der Waals surface area (Å²) in [6, 6.07) is 6.49. The standard InChI is InChI=1S/C16H23N3OS/c1-12-6-7-14(13(2)9-12)10-20-8-4-3-5-15-11-21-16(17)19-18-15/h6-7,9H,3-5,8,10-11H2,1-2H3,(H2,17,19). The fourth-order valence-corrected chi connectivity index (χ4v) is 2.80. The lowest BCUT2D eigenvalue weighted by Crippen LogP contribution is -2.15. The maximum absolute atomic E-state index is 5.75. The van der Waals surface area contributed by atoms with Gasteiger partial charge in [-0.05, 0) is 44.2 Å². The summed E-state index contributed by atoms with van der Waals surface area (Å²) in [5.41, 5.74) is 10.6. The molecule has 1 aromatic rings. The third-order valence-electron chi connectivity index (χ3n) is 3.44. The highest BCUT2D eigenvalue weighted by Gasteiger charge is 2.07. The Morgan fingerprint density at radius 3 is 2.81 bits per heavy atom. The summed E-state index contributed by atoms with van der Waals surface area (Å²) in [4.78, 5) is 0. The second-order valence-electron chi connectivity index (χ2n) is 5.33. The minimum Gasteiger partial charge on any atom is -0.377 e. The van der Waals surface area contributed by atoms with Gasteiger partial charge in [0, 0.05) is 12.4 Å². The summed E-state index contributed by atoms with van der Waals surface area (Å²) in [7, 11) is 0. The number of nitrogens with zero attached hydrogens (tertiary/aromatic N) is 2. The van der Waals surface area contributed by atoms with Crippen LogP contribution in [-0.2, 0) is 11.3 Å². The van der Waals surface area contributed by atoms with Crippen molar-refractivity contribution in [2.45, 2.75) is 39.7 Å². The SMILES string of the molecule is Cc1ccc(COCCCCC2=NN=C(N)SC2)c(C)c1. The van der Waals surface area contributed by atoms with Gasteiger partial charge in [0.2, 0.25) is 0 Å². The first-order chi connectivity index (χ1) is 10.1. The van der Waals surface area contributed by atoms with E-state index in [1.54, 1.807) is 11.8 Å². The number of nitrogens with two attached hydrogens (primary N) is 1. The minimum absolute atomic E-state index is 0.565. The Balaban J connectivity index is 1.60. The predicted molar refractivity (Wildman–Crippen MR) is 90.9 cm³/mol. The van der Waals surface area contributed by atoms with Crippen LogP contribution in [0.5, 0.6) is 0 Å². The predicted octanol–water partition coefficient (Wildman–Crippen LogP) is 3.41. The second kappa shape index (κ2) is 8.20. The summed E-state index contributed by atoms with van der Waals surface area (Å²) in [6.07, 6.45) is 3.12. The molecule has 114 valence electrons. The largest absolute Gasteiger partial charge is 0.377 e. The first kappa shape index (κ1) is 16.0. The van der Waals surface area contributed by atoms with Crippen LogP contribution in [0.2, 0.25) is 0 Å². The fourth-order valence-electron chi connectivity index (χ4n) is 2.18. The Morgan fingerprint density at radius 1 is 1.24 bits per heavy atom. The van der Waals surface area contributed by atoms with Crippen molar-refractivity contribution < 1.29 is 4.74 Å². The van der Waals surface area contributed by atoms with Gasteiger partial charge in [0.25, 0.3) is 0 Å². The molecular weight excluding hydrogens is 282 g/mol. The molecule has 5 heteroatoms. The Kier molecular flexibility index (Phi) is 6.26. The molecule has 1 heterocycles. The van der Waals surface area contributed by atoms with E-state index in [-0.39, 0.29) is 0 Å². The van der Waals surface area contributed by atoms with Crippen LogP contribution in [0.4, 0.5) is 0 Å². The van der Waals surface area contributed by atoms with Gasteiger partial charge >= 0.3 is 0 Å². The number of aryl methyl sites for hydroxylation is 2. The molecule has 0 bridgehead atoms. The van der Waals surface area contributed by atoms with Crippen LogP contribution >= 0.6 is 11.8 Å². The topological polar surface area (TPSA) is 60.0 Å². The molecule has 0 saturated heterocycles. The monoisotopic (exact) mass is 305 g/mol. The van der Waals surface area contributed by atoms with Crippen molar-refractivity contribution in [3.63, 3.8) is 0 Å². The fraction of sp³-hybridized carbons (Fsp3) is 0.500. The van der Waals surface area contributed by atoms with Crippen LogP contribution in [-0.4, -0.2) is 23.2 Å². The van der Waals surface area contributed by atoms with Crippen LogP contribution in [0.25, 0.3) is 0 Å². The lowest BCUT2D eigenvalue weighted by molar-refractivity contribution is 0.117. The van der Waals surface area contributed by atoms with E-state index in [0.29, 0.717) is 11.8 Å². The molecule has 0 radical (unpaired) electrons. The molecular formula is C16H23N3OS. The molecule has 4 nitrogen and oxygen atoms in total. The van der Waals surface area contributed by atoms with Crippen LogP contribution < -0.4 is 5.73 Å². The first-order valence-electron chi connectivity index (χ1n) is 7.30. The summed E-state index contributed by atoms with van der Waals surface area (Å²) in [5, 5.41) is 8.58. The van der Waals surface area contributed by atoms with Gasteiger partial charge in [-0.3, -0.25) is 0 Å².